The van der Waals surface area contributed by atoms with Crippen molar-refractivity contribution in [3.05, 3.63) is 29.8 Å². The predicted molar refractivity (Wildman–Crippen MR) is 72.5 cm³/mol. The number of ether oxygens (including phenoxy) is 3. The molecule has 1 N–H and O–H groups in total. The van der Waals surface area contributed by atoms with Crippen LogP contribution in [-0.4, -0.2) is 39.1 Å². The first-order valence-electron chi connectivity index (χ1n) is 7.00. The van der Waals surface area contributed by atoms with Crippen LogP contribution in [0.15, 0.2) is 24.3 Å². The zero-order valence-electron chi connectivity index (χ0n) is 11.3. The number of benzene rings is 1. The first-order valence-corrected chi connectivity index (χ1v) is 7.00. The highest BCUT2D eigenvalue weighted by molar-refractivity contribution is 5.38. The van der Waals surface area contributed by atoms with E-state index in [0.717, 1.165) is 25.2 Å². The van der Waals surface area contributed by atoms with Crippen molar-refractivity contribution in [2.75, 3.05) is 26.9 Å². The fourth-order valence-electron chi connectivity index (χ4n) is 2.83. The van der Waals surface area contributed by atoms with Gasteiger partial charge in [0.1, 0.15) is 18.5 Å². The van der Waals surface area contributed by atoms with E-state index in [1.165, 1.54) is 5.56 Å². The van der Waals surface area contributed by atoms with Crippen molar-refractivity contribution in [1.82, 2.24) is 5.32 Å². The fraction of sp³-hybridized carbons (Fsp3) is 0.600. The van der Waals surface area contributed by atoms with Crippen LogP contribution in [0.25, 0.3) is 0 Å². The number of nitrogens with one attached hydrogen (secondary N) is 1. The van der Waals surface area contributed by atoms with E-state index >= 15 is 0 Å². The summed E-state index contributed by atoms with van der Waals surface area (Å²) in [6, 6.07) is 8.33. The number of fused-ring (bicyclic) bond motifs is 1. The standard InChI is InChI=1S/C15H21NO3/c1-16-15-12-6-2-3-7-13(12)19-10-14(15)18-9-11-5-4-8-17-11/h2-3,6-7,11,14-16H,4-5,8-10H2,1H3. The molecule has 2 aliphatic rings. The third kappa shape index (κ3) is 2.76. The average Bonchev–Trinajstić information content (AvgIpc) is 2.97. The summed E-state index contributed by atoms with van der Waals surface area (Å²) in [5.41, 5.74) is 1.17. The number of hydrogen-bond acceptors (Lipinski definition) is 4. The van der Waals surface area contributed by atoms with E-state index in [0.29, 0.717) is 13.2 Å². The van der Waals surface area contributed by atoms with Crippen LogP contribution in [0.2, 0.25) is 0 Å². The highest BCUT2D eigenvalue weighted by atomic mass is 16.6. The second-order valence-electron chi connectivity index (χ2n) is 5.12. The lowest BCUT2D eigenvalue weighted by molar-refractivity contribution is -0.0559. The third-order valence-electron chi connectivity index (χ3n) is 3.86. The molecule has 0 saturated carbocycles. The molecule has 2 heterocycles. The molecule has 1 aromatic rings. The van der Waals surface area contributed by atoms with Crippen LogP contribution in [0.5, 0.6) is 5.75 Å². The average molecular weight is 263 g/mol. The summed E-state index contributed by atoms with van der Waals surface area (Å²) in [7, 11) is 1.97. The van der Waals surface area contributed by atoms with E-state index in [2.05, 4.69) is 11.4 Å². The lowest BCUT2D eigenvalue weighted by Gasteiger charge is -2.33. The number of para-hydroxylation sites is 1. The van der Waals surface area contributed by atoms with Gasteiger partial charge in [-0.1, -0.05) is 18.2 Å². The molecule has 19 heavy (non-hydrogen) atoms. The van der Waals surface area contributed by atoms with Crippen molar-refractivity contribution in [2.24, 2.45) is 0 Å². The smallest absolute Gasteiger partial charge is 0.124 e. The Bertz CT molecular complexity index is 418. The maximum Gasteiger partial charge on any atom is 0.124 e. The molecular formula is C15H21NO3. The Kier molecular flexibility index (Phi) is 4.01. The van der Waals surface area contributed by atoms with Gasteiger partial charge < -0.3 is 19.5 Å². The molecule has 3 atom stereocenters. The zero-order chi connectivity index (χ0) is 13.1. The van der Waals surface area contributed by atoms with E-state index in [1.54, 1.807) is 0 Å². The van der Waals surface area contributed by atoms with Crippen LogP contribution in [0.3, 0.4) is 0 Å². The van der Waals surface area contributed by atoms with Crippen LogP contribution >= 0.6 is 0 Å². The Hall–Kier alpha value is -1.10. The molecule has 0 amide bonds. The van der Waals surface area contributed by atoms with Gasteiger partial charge in [0.25, 0.3) is 0 Å². The molecule has 104 valence electrons. The van der Waals surface area contributed by atoms with Crippen molar-refractivity contribution < 1.29 is 14.2 Å². The van der Waals surface area contributed by atoms with Crippen molar-refractivity contribution in [3.63, 3.8) is 0 Å². The summed E-state index contributed by atoms with van der Waals surface area (Å²) in [5, 5.41) is 3.34. The lowest BCUT2D eigenvalue weighted by atomic mass is 9.98. The molecule has 0 radical (unpaired) electrons. The predicted octanol–water partition coefficient (Wildman–Crippen LogP) is 1.90. The maximum atomic E-state index is 6.01. The molecule has 0 aromatic heterocycles. The quantitative estimate of drug-likeness (QED) is 0.900. The first kappa shape index (κ1) is 12.9. The minimum atomic E-state index is 0.0455. The second kappa shape index (κ2) is 5.90. The number of hydrogen-bond donors (Lipinski definition) is 1. The summed E-state index contributed by atoms with van der Waals surface area (Å²) >= 11 is 0. The molecule has 4 nitrogen and oxygen atoms in total. The molecule has 3 rings (SSSR count). The highest BCUT2D eigenvalue weighted by Gasteiger charge is 2.31. The first-order chi connectivity index (χ1) is 9.38. The molecule has 0 bridgehead atoms. The van der Waals surface area contributed by atoms with Gasteiger partial charge in [-0.25, -0.2) is 0 Å². The van der Waals surface area contributed by atoms with Crippen LogP contribution in [0.4, 0.5) is 0 Å². The summed E-state index contributed by atoms with van der Waals surface area (Å²) < 4.78 is 17.4. The molecular weight excluding hydrogens is 242 g/mol. The van der Waals surface area contributed by atoms with E-state index in [1.807, 2.05) is 25.2 Å². The SMILES string of the molecule is CNC1c2ccccc2OCC1OCC1CCCO1. The van der Waals surface area contributed by atoms with Crippen molar-refractivity contribution in [1.29, 1.82) is 0 Å². The van der Waals surface area contributed by atoms with Crippen molar-refractivity contribution in [3.8, 4) is 5.75 Å². The Morgan fingerprint density at radius 2 is 2.26 bits per heavy atom. The molecule has 4 heteroatoms. The zero-order valence-corrected chi connectivity index (χ0v) is 11.3. The second-order valence-corrected chi connectivity index (χ2v) is 5.12. The Balaban J connectivity index is 1.65. The minimum Gasteiger partial charge on any atom is -0.490 e. The van der Waals surface area contributed by atoms with Gasteiger partial charge in [-0.15, -0.1) is 0 Å². The largest absolute Gasteiger partial charge is 0.490 e. The summed E-state index contributed by atoms with van der Waals surface area (Å²) in [4.78, 5) is 0. The van der Waals surface area contributed by atoms with Gasteiger partial charge in [0.2, 0.25) is 0 Å². The van der Waals surface area contributed by atoms with Gasteiger partial charge in [0, 0.05) is 12.2 Å². The van der Waals surface area contributed by atoms with E-state index in [9.17, 15) is 0 Å². The molecule has 0 spiro atoms. The van der Waals surface area contributed by atoms with Gasteiger partial charge in [-0.05, 0) is 26.0 Å². The third-order valence-corrected chi connectivity index (χ3v) is 3.86. The number of rotatable bonds is 4. The molecule has 0 aliphatic carbocycles. The molecule has 1 aromatic carbocycles. The summed E-state index contributed by atoms with van der Waals surface area (Å²) in [6.07, 6.45) is 2.56. The number of likely N-dealkylation sites (N-methyl/N-ethyl adjacent to an activating group) is 1. The Labute approximate surface area is 114 Å². The minimum absolute atomic E-state index is 0.0455. The van der Waals surface area contributed by atoms with Crippen molar-refractivity contribution >= 4 is 0 Å². The lowest BCUT2D eigenvalue weighted by Crippen LogP contribution is -2.40. The molecule has 1 saturated heterocycles. The summed E-state index contributed by atoms with van der Waals surface area (Å²) in [5.74, 6) is 0.957. The molecule has 3 unspecified atom stereocenters. The maximum absolute atomic E-state index is 6.01. The molecule has 1 fully saturated rings. The molecule has 2 aliphatic heterocycles. The fourth-order valence-corrected chi connectivity index (χ4v) is 2.83. The van der Waals surface area contributed by atoms with Crippen LogP contribution < -0.4 is 10.1 Å². The van der Waals surface area contributed by atoms with E-state index in [4.69, 9.17) is 14.2 Å². The van der Waals surface area contributed by atoms with Gasteiger partial charge in [0.15, 0.2) is 0 Å². The van der Waals surface area contributed by atoms with E-state index < -0.39 is 0 Å². The van der Waals surface area contributed by atoms with Gasteiger partial charge in [-0.3, -0.25) is 0 Å². The van der Waals surface area contributed by atoms with Crippen LogP contribution in [0, 0.1) is 0 Å². The highest BCUT2D eigenvalue weighted by Crippen LogP contribution is 2.33. The Morgan fingerprint density at radius 1 is 1.37 bits per heavy atom. The van der Waals surface area contributed by atoms with Crippen molar-refractivity contribution in [2.45, 2.75) is 31.1 Å². The normalized spacial score (nSPS) is 29.8. The van der Waals surface area contributed by atoms with E-state index in [-0.39, 0.29) is 18.2 Å². The topological polar surface area (TPSA) is 39.7 Å². The monoisotopic (exact) mass is 263 g/mol. The summed E-state index contributed by atoms with van der Waals surface area (Å²) in [6.45, 7) is 2.12. The van der Waals surface area contributed by atoms with Gasteiger partial charge in [-0.2, -0.15) is 0 Å². The Morgan fingerprint density at radius 3 is 3.05 bits per heavy atom. The van der Waals surface area contributed by atoms with Gasteiger partial charge in [0.05, 0.1) is 18.8 Å². The van der Waals surface area contributed by atoms with Crippen LogP contribution in [-0.2, 0) is 9.47 Å². The van der Waals surface area contributed by atoms with Crippen LogP contribution in [0.1, 0.15) is 24.4 Å². The van der Waals surface area contributed by atoms with Gasteiger partial charge >= 0.3 is 0 Å².